The lowest BCUT2D eigenvalue weighted by Crippen LogP contribution is -2.44. The molecule has 0 aromatic heterocycles. The van der Waals surface area contributed by atoms with Gasteiger partial charge < -0.3 is 14.4 Å². The predicted molar refractivity (Wildman–Crippen MR) is 129 cm³/mol. The lowest BCUT2D eigenvalue weighted by molar-refractivity contribution is -0.136. The first kappa shape index (κ1) is 24.5. The van der Waals surface area contributed by atoms with Crippen LogP contribution in [0.2, 0.25) is 0 Å². The van der Waals surface area contributed by atoms with Crippen molar-refractivity contribution in [3.05, 3.63) is 40.8 Å². The number of piperidine rings is 1. The maximum Gasteiger partial charge on any atom is 0.294 e. The second-order valence-corrected chi connectivity index (χ2v) is 8.63. The summed E-state index contributed by atoms with van der Waals surface area (Å²) in [6, 6.07) is 3.59. The third kappa shape index (κ3) is 5.99. The molecule has 0 bridgehead atoms. The minimum absolute atomic E-state index is 0.0908. The molecule has 3 amide bonds. The van der Waals surface area contributed by atoms with Gasteiger partial charge in [0.15, 0.2) is 11.5 Å². The van der Waals surface area contributed by atoms with Crippen LogP contribution in [0.1, 0.15) is 37.3 Å². The van der Waals surface area contributed by atoms with Crippen LogP contribution in [0.4, 0.5) is 4.79 Å². The van der Waals surface area contributed by atoms with Crippen molar-refractivity contribution in [2.75, 3.05) is 32.8 Å². The molecule has 0 atom stereocenters. The third-order valence-corrected chi connectivity index (χ3v) is 6.20. The molecule has 2 aliphatic heterocycles. The van der Waals surface area contributed by atoms with Crippen molar-refractivity contribution in [2.24, 2.45) is 0 Å². The van der Waals surface area contributed by atoms with Crippen molar-refractivity contribution >= 4 is 34.9 Å². The van der Waals surface area contributed by atoms with Crippen LogP contribution in [0.5, 0.6) is 11.5 Å². The lowest BCUT2D eigenvalue weighted by atomic mass is 10.0. The molecule has 1 aromatic rings. The van der Waals surface area contributed by atoms with Crippen LogP contribution in [0.3, 0.4) is 0 Å². The van der Waals surface area contributed by atoms with Crippen molar-refractivity contribution in [1.82, 2.24) is 9.80 Å². The summed E-state index contributed by atoms with van der Waals surface area (Å²) in [4.78, 5) is 41.0. The van der Waals surface area contributed by atoms with Gasteiger partial charge in [0.05, 0.1) is 11.5 Å². The fourth-order valence-electron chi connectivity index (χ4n) is 3.78. The molecule has 2 fully saturated rings. The number of carbonyl (C=O) groups is 3. The van der Waals surface area contributed by atoms with E-state index >= 15 is 0 Å². The SMILES string of the molecule is C#CCOc1c(CC=C)cc(C=C2SC(=O)N(CC(=O)N3CCCCC3)C2=O)cc1OCC. The number of terminal acetylenes is 1. The quantitative estimate of drug-likeness (QED) is 0.311. The predicted octanol–water partition coefficient (Wildman–Crippen LogP) is 3.87. The summed E-state index contributed by atoms with van der Waals surface area (Å²) in [5, 5.41) is -0.443. The summed E-state index contributed by atoms with van der Waals surface area (Å²) in [6.07, 6.45) is 12.2. The van der Waals surface area contributed by atoms with Gasteiger partial charge in [-0.15, -0.1) is 13.0 Å². The fourth-order valence-corrected chi connectivity index (χ4v) is 4.62. The second kappa shape index (κ2) is 11.6. The monoisotopic (exact) mass is 468 g/mol. The van der Waals surface area contributed by atoms with Crippen molar-refractivity contribution in [2.45, 2.75) is 32.6 Å². The summed E-state index contributed by atoms with van der Waals surface area (Å²) in [5.74, 6) is 2.82. The zero-order chi connectivity index (χ0) is 23.8. The smallest absolute Gasteiger partial charge is 0.294 e. The Balaban J connectivity index is 1.84. The number of hydrogen-bond donors (Lipinski definition) is 0. The Hall–Kier alpha value is -3.18. The minimum atomic E-state index is -0.466. The number of ether oxygens (including phenoxy) is 2. The molecule has 33 heavy (non-hydrogen) atoms. The van der Waals surface area contributed by atoms with E-state index in [1.165, 1.54) is 0 Å². The first-order chi connectivity index (χ1) is 16.0. The summed E-state index contributed by atoms with van der Waals surface area (Å²) in [5.41, 5.74) is 1.48. The maximum atomic E-state index is 12.9. The first-order valence-electron chi connectivity index (χ1n) is 11.0. The summed E-state index contributed by atoms with van der Waals surface area (Å²) in [6.45, 7) is 7.26. The molecule has 2 aliphatic rings. The van der Waals surface area contributed by atoms with Gasteiger partial charge >= 0.3 is 0 Å². The van der Waals surface area contributed by atoms with E-state index in [0.717, 1.165) is 41.5 Å². The fraction of sp³-hybridized carbons (Fsp3) is 0.400. The molecular weight excluding hydrogens is 440 g/mol. The summed E-state index contributed by atoms with van der Waals surface area (Å²) >= 11 is 0.831. The van der Waals surface area contributed by atoms with Crippen LogP contribution in [-0.2, 0) is 16.0 Å². The summed E-state index contributed by atoms with van der Waals surface area (Å²) in [7, 11) is 0. The molecule has 0 N–H and O–H groups in total. The summed E-state index contributed by atoms with van der Waals surface area (Å²) < 4.78 is 11.4. The van der Waals surface area contributed by atoms with Crippen molar-refractivity contribution in [3.8, 4) is 23.8 Å². The Kier molecular flexibility index (Phi) is 8.61. The minimum Gasteiger partial charge on any atom is -0.490 e. The van der Waals surface area contributed by atoms with Crippen LogP contribution in [-0.4, -0.2) is 59.7 Å². The number of likely N-dealkylation sites (tertiary alicyclic amines) is 1. The molecule has 2 saturated heterocycles. The molecule has 8 heteroatoms. The topological polar surface area (TPSA) is 76.2 Å². The third-order valence-electron chi connectivity index (χ3n) is 5.29. The van der Waals surface area contributed by atoms with Gasteiger partial charge in [0.1, 0.15) is 13.2 Å². The Bertz CT molecular complexity index is 1000. The molecule has 2 heterocycles. The van der Waals surface area contributed by atoms with Crippen molar-refractivity contribution < 1.29 is 23.9 Å². The number of hydrogen-bond acceptors (Lipinski definition) is 6. The number of allylic oxidation sites excluding steroid dienone is 1. The molecule has 1 aromatic carbocycles. The molecule has 0 aliphatic carbocycles. The molecule has 174 valence electrons. The van der Waals surface area contributed by atoms with Gasteiger partial charge in [-0.1, -0.05) is 12.0 Å². The van der Waals surface area contributed by atoms with Gasteiger partial charge in [-0.05, 0) is 68.1 Å². The van der Waals surface area contributed by atoms with E-state index in [1.54, 1.807) is 23.1 Å². The molecule has 3 rings (SSSR count). The van der Waals surface area contributed by atoms with Crippen LogP contribution in [0, 0.1) is 12.3 Å². The van der Waals surface area contributed by atoms with Crippen molar-refractivity contribution in [3.63, 3.8) is 0 Å². The number of benzene rings is 1. The normalized spacial score (nSPS) is 17.3. The van der Waals surface area contributed by atoms with Gasteiger partial charge in [-0.3, -0.25) is 19.3 Å². The van der Waals surface area contributed by atoms with Crippen molar-refractivity contribution in [1.29, 1.82) is 0 Å². The molecular formula is C25H28N2O5S. The van der Waals surface area contributed by atoms with Crippen LogP contribution in [0.25, 0.3) is 6.08 Å². The highest BCUT2D eigenvalue weighted by Crippen LogP contribution is 2.37. The van der Waals surface area contributed by atoms with Gasteiger partial charge in [0.2, 0.25) is 5.91 Å². The van der Waals surface area contributed by atoms with E-state index in [2.05, 4.69) is 12.5 Å². The number of thioether (sulfide) groups is 1. The Morgan fingerprint density at radius 2 is 2.00 bits per heavy atom. The number of nitrogens with zero attached hydrogens (tertiary/aromatic N) is 2. The molecule has 0 radical (unpaired) electrons. The van der Waals surface area contributed by atoms with Gasteiger partial charge in [0, 0.05) is 18.7 Å². The second-order valence-electron chi connectivity index (χ2n) is 7.64. The average molecular weight is 469 g/mol. The van der Waals surface area contributed by atoms with E-state index in [9.17, 15) is 14.4 Å². The van der Waals surface area contributed by atoms with Crippen LogP contribution in [0.15, 0.2) is 29.7 Å². The molecule has 0 spiro atoms. The Labute approximate surface area is 198 Å². The van der Waals surface area contributed by atoms with E-state index < -0.39 is 11.1 Å². The van der Waals surface area contributed by atoms with Gasteiger partial charge in [-0.25, -0.2) is 0 Å². The molecule has 7 nitrogen and oxygen atoms in total. The molecule has 0 unspecified atom stereocenters. The zero-order valence-corrected chi connectivity index (χ0v) is 19.6. The Morgan fingerprint density at radius 3 is 2.67 bits per heavy atom. The van der Waals surface area contributed by atoms with Crippen LogP contribution < -0.4 is 9.47 Å². The van der Waals surface area contributed by atoms with E-state index in [4.69, 9.17) is 15.9 Å². The standard InChI is InChI=1S/C25H28N2O5S/c1-4-10-19-14-18(15-20(31-6-3)23(19)32-13-5-2)16-21-24(29)27(25(30)33-21)17-22(28)26-11-8-7-9-12-26/h2,4,14-16H,1,6-13,17H2,3H3. The maximum absolute atomic E-state index is 12.9. The van der Waals surface area contributed by atoms with E-state index in [1.807, 2.05) is 13.0 Å². The van der Waals surface area contributed by atoms with E-state index in [0.29, 0.717) is 43.2 Å². The highest BCUT2D eigenvalue weighted by Gasteiger charge is 2.37. The Morgan fingerprint density at radius 1 is 1.24 bits per heavy atom. The van der Waals surface area contributed by atoms with E-state index in [-0.39, 0.29) is 24.0 Å². The molecule has 0 saturated carbocycles. The highest BCUT2D eigenvalue weighted by atomic mass is 32.2. The number of imide groups is 1. The number of amides is 3. The average Bonchev–Trinajstić information content (AvgIpc) is 3.07. The van der Waals surface area contributed by atoms with Gasteiger partial charge in [0.25, 0.3) is 11.1 Å². The van der Waals surface area contributed by atoms with Crippen LogP contribution >= 0.6 is 11.8 Å². The zero-order valence-electron chi connectivity index (χ0n) is 18.8. The number of rotatable bonds is 9. The first-order valence-corrected chi connectivity index (χ1v) is 11.8. The number of carbonyl (C=O) groups excluding carboxylic acids is 3. The lowest BCUT2D eigenvalue weighted by Gasteiger charge is -2.27. The van der Waals surface area contributed by atoms with Gasteiger partial charge in [-0.2, -0.15) is 0 Å². The highest BCUT2D eigenvalue weighted by molar-refractivity contribution is 8.18. The largest absolute Gasteiger partial charge is 0.490 e.